The second kappa shape index (κ2) is 9.61. The quantitative estimate of drug-likeness (QED) is 0.151. The molecule has 0 aliphatic heterocycles. The minimum Gasteiger partial charge on any atom is -0.457 e. The van der Waals surface area contributed by atoms with Gasteiger partial charge in [0.15, 0.2) is 0 Å². The van der Waals surface area contributed by atoms with Gasteiger partial charge in [-0.3, -0.25) is 9.59 Å². The maximum Gasteiger partial charge on any atom is 0.441 e. The van der Waals surface area contributed by atoms with Crippen LogP contribution in [0.1, 0.15) is 18.9 Å². The molecular weight excluding hydrogens is 296 g/mol. The van der Waals surface area contributed by atoms with E-state index in [1.54, 1.807) is 6.08 Å². The lowest BCUT2D eigenvalue weighted by atomic mass is 10.1. The summed E-state index contributed by atoms with van der Waals surface area (Å²) in [6.45, 7) is 1.55. The Morgan fingerprint density at radius 3 is 2.57 bits per heavy atom. The van der Waals surface area contributed by atoms with Gasteiger partial charge in [-0.25, -0.2) is 4.79 Å². The highest BCUT2D eigenvalue weighted by Gasteiger charge is 2.31. The third-order valence-electron chi connectivity index (χ3n) is 2.52. The van der Waals surface area contributed by atoms with Crippen LogP contribution in [0.25, 0.3) is 11.6 Å². The minimum absolute atomic E-state index is 0.0170. The van der Waals surface area contributed by atoms with Crippen molar-refractivity contribution in [1.82, 2.24) is 0 Å². The first-order chi connectivity index (χ1) is 11.1. The molecule has 0 bridgehead atoms. The zero-order valence-corrected chi connectivity index (χ0v) is 12.5. The first-order valence-corrected chi connectivity index (χ1v) is 6.76. The Balaban J connectivity index is 2.62. The predicted octanol–water partition coefficient (Wildman–Crippen LogP) is 1.47. The number of rotatable bonds is 6. The van der Waals surface area contributed by atoms with E-state index in [4.69, 9.17) is 5.53 Å². The summed E-state index contributed by atoms with van der Waals surface area (Å²) in [7, 11) is 0. The lowest BCUT2D eigenvalue weighted by Crippen LogP contribution is -2.28. The second-order valence-corrected chi connectivity index (χ2v) is 4.21. The molecule has 6 heteroatoms. The van der Waals surface area contributed by atoms with E-state index < -0.39 is 29.7 Å². The molecular formula is C17H14N2O4. The monoisotopic (exact) mass is 310 g/mol. The highest BCUT2D eigenvalue weighted by molar-refractivity contribution is 6.63. The topological polar surface area (TPSA) is 96.8 Å². The molecule has 0 unspecified atom stereocenters. The van der Waals surface area contributed by atoms with Crippen LogP contribution in [0.2, 0.25) is 0 Å². The van der Waals surface area contributed by atoms with Crippen LogP contribution in [-0.2, 0) is 19.1 Å². The van der Waals surface area contributed by atoms with Gasteiger partial charge in [0.25, 0.3) is 5.78 Å². The molecule has 6 nitrogen and oxygen atoms in total. The molecule has 23 heavy (non-hydrogen) atoms. The van der Waals surface area contributed by atoms with E-state index in [1.165, 1.54) is 13.0 Å². The lowest BCUT2D eigenvalue weighted by molar-refractivity contribution is -0.141. The van der Waals surface area contributed by atoms with Gasteiger partial charge in [-0.05, 0) is 30.6 Å². The summed E-state index contributed by atoms with van der Waals surface area (Å²) in [6.07, 6.45) is 2.52. The van der Waals surface area contributed by atoms with Crippen LogP contribution >= 0.6 is 0 Å². The molecule has 1 aromatic carbocycles. The van der Waals surface area contributed by atoms with Gasteiger partial charge in [-0.1, -0.05) is 36.3 Å². The van der Waals surface area contributed by atoms with Crippen molar-refractivity contribution in [1.29, 1.82) is 0 Å². The number of esters is 1. The molecule has 0 radical (unpaired) electrons. The number of carbonyl (C=O) groups excluding carboxylic acids is 3. The van der Waals surface area contributed by atoms with E-state index in [-0.39, 0.29) is 6.61 Å². The summed E-state index contributed by atoms with van der Waals surface area (Å²) in [5.74, 6) is 2.03. The van der Waals surface area contributed by atoms with E-state index in [9.17, 15) is 14.4 Å². The molecule has 0 aromatic heterocycles. The number of benzene rings is 1. The Hall–Kier alpha value is -3.29. The standard InChI is InChI=1S/C17H14N2O4/c1-2-23-17(22)16(19-18)15(21)12-14(20)11-7-6-10-13-8-4-3-5-9-13/h3-6,8-10H,2,12H2,1H3/b10-6+. The van der Waals surface area contributed by atoms with Crippen molar-refractivity contribution in [2.24, 2.45) is 0 Å². The number of carbonyl (C=O) groups is 3. The highest BCUT2D eigenvalue weighted by atomic mass is 16.5. The fourth-order valence-electron chi connectivity index (χ4n) is 1.51. The summed E-state index contributed by atoms with van der Waals surface area (Å²) in [6, 6.07) is 9.34. The molecule has 0 saturated heterocycles. The van der Waals surface area contributed by atoms with Gasteiger partial charge >= 0.3 is 11.7 Å². The third kappa shape index (κ3) is 6.34. The van der Waals surface area contributed by atoms with E-state index >= 15 is 0 Å². The number of Topliss-reactive ketones (excluding diaryl/α,β-unsaturated/α-hetero) is 2. The van der Waals surface area contributed by atoms with Crippen LogP contribution in [0.5, 0.6) is 0 Å². The van der Waals surface area contributed by atoms with Crippen molar-refractivity contribution in [2.75, 3.05) is 6.61 Å². The second-order valence-electron chi connectivity index (χ2n) is 4.21. The van der Waals surface area contributed by atoms with Gasteiger partial charge in [-0.2, -0.15) is 4.79 Å². The smallest absolute Gasteiger partial charge is 0.441 e. The molecule has 0 fully saturated rings. The maximum atomic E-state index is 11.7. The molecule has 0 atom stereocenters. The van der Waals surface area contributed by atoms with Crippen molar-refractivity contribution < 1.29 is 23.9 Å². The van der Waals surface area contributed by atoms with Crippen molar-refractivity contribution >= 4 is 29.3 Å². The first-order valence-electron chi connectivity index (χ1n) is 6.76. The number of ketones is 2. The summed E-state index contributed by atoms with van der Waals surface area (Å²) in [5.41, 5.74) is 8.76. The summed E-state index contributed by atoms with van der Waals surface area (Å²) >= 11 is 0. The average Bonchev–Trinajstić information content (AvgIpc) is 2.53. The Kier molecular flexibility index (Phi) is 7.42. The number of hydrogen-bond acceptors (Lipinski definition) is 4. The van der Waals surface area contributed by atoms with Crippen molar-refractivity contribution in [3.05, 3.63) is 47.5 Å². The summed E-state index contributed by atoms with van der Waals surface area (Å²) < 4.78 is 4.54. The normalized spacial score (nSPS) is 9.43. The van der Waals surface area contributed by atoms with Gasteiger partial charge in [-0.15, -0.1) is 0 Å². The minimum atomic E-state index is -1.08. The van der Waals surface area contributed by atoms with E-state index in [0.717, 1.165) is 5.56 Å². The van der Waals surface area contributed by atoms with E-state index in [2.05, 4.69) is 21.4 Å². The molecule has 0 N–H and O–H groups in total. The third-order valence-corrected chi connectivity index (χ3v) is 2.52. The number of ether oxygens (including phenoxy) is 1. The number of hydrogen-bond donors (Lipinski definition) is 0. The Morgan fingerprint density at radius 1 is 1.26 bits per heavy atom. The van der Waals surface area contributed by atoms with Crippen LogP contribution in [0.3, 0.4) is 0 Å². The SMILES string of the molecule is CCOC(=O)C(=[N+]=[N-])C(=O)CC(=O)C#C/C=C/c1ccccc1. The van der Waals surface area contributed by atoms with Crippen molar-refractivity contribution in [2.45, 2.75) is 13.3 Å². The maximum absolute atomic E-state index is 11.7. The number of allylic oxidation sites excluding steroid dienone is 1. The lowest BCUT2D eigenvalue weighted by Gasteiger charge is -1.95. The first kappa shape index (κ1) is 17.8. The van der Waals surface area contributed by atoms with Gasteiger partial charge in [0.1, 0.15) is 0 Å². The molecule has 0 saturated carbocycles. The van der Waals surface area contributed by atoms with E-state index in [1.807, 2.05) is 30.3 Å². The molecule has 0 amide bonds. The number of nitrogens with zero attached hydrogens (tertiary/aromatic N) is 2. The zero-order valence-electron chi connectivity index (χ0n) is 12.5. The fourth-order valence-corrected chi connectivity index (χ4v) is 1.51. The van der Waals surface area contributed by atoms with Gasteiger partial charge in [0.2, 0.25) is 5.78 Å². The van der Waals surface area contributed by atoms with Crippen LogP contribution in [0, 0.1) is 11.8 Å². The van der Waals surface area contributed by atoms with Gasteiger partial charge in [0, 0.05) is 0 Å². The molecule has 0 aliphatic rings. The van der Waals surface area contributed by atoms with Crippen molar-refractivity contribution in [3.63, 3.8) is 0 Å². The average molecular weight is 310 g/mol. The zero-order chi connectivity index (χ0) is 17.1. The van der Waals surface area contributed by atoms with Gasteiger partial charge < -0.3 is 10.3 Å². The van der Waals surface area contributed by atoms with Crippen LogP contribution < -0.4 is 0 Å². The largest absolute Gasteiger partial charge is 0.457 e. The molecule has 0 aliphatic carbocycles. The van der Waals surface area contributed by atoms with Crippen LogP contribution in [0.15, 0.2) is 36.4 Å². The van der Waals surface area contributed by atoms with Gasteiger partial charge in [0.05, 0.1) is 13.0 Å². The van der Waals surface area contributed by atoms with E-state index in [0.29, 0.717) is 0 Å². The Bertz CT molecular complexity index is 733. The molecule has 116 valence electrons. The summed E-state index contributed by atoms with van der Waals surface area (Å²) in [4.78, 5) is 37.1. The highest BCUT2D eigenvalue weighted by Crippen LogP contribution is 2.00. The fraction of sp³-hybridized carbons (Fsp3) is 0.176. The molecule has 1 aromatic rings. The Morgan fingerprint density at radius 2 is 1.96 bits per heavy atom. The molecule has 0 spiro atoms. The predicted molar refractivity (Wildman–Crippen MR) is 83.1 cm³/mol. The van der Waals surface area contributed by atoms with Crippen LogP contribution in [-0.4, -0.2) is 34.6 Å². The van der Waals surface area contributed by atoms with Crippen LogP contribution in [0.4, 0.5) is 0 Å². The molecule has 1 rings (SSSR count). The van der Waals surface area contributed by atoms with Crippen molar-refractivity contribution in [3.8, 4) is 11.8 Å². The summed E-state index contributed by atoms with van der Waals surface area (Å²) in [5, 5.41) is 0. The molecule has 0 heterocycles. The Labute approximate surface area is 133 Å².